The van der Waals surface area contributed by atoms with Crippen molar-refractivity contribution < 1.29 is 9.50 Å². The van der Waals surface area contributed by atoms with E-state index in [9.17, 15) is 4.39 Å². The zero-order chi connectivity index (χ0) is 11.3. The number of hydrogen-bond acceptors (Lipinski definition) is 3. The van der Waals surface area contributed by atoms with Gasteiger partial charge in [0.25, 0.3) is 0 Å². The summed E-state index contributed by atoms with van der Waals surface area (Å²) in [5.41, 5.74) is 1.06. The lowest BCUT2D eigenvalue weighted by molar-refractivity contribution is 0.217. The van der Waals surface area contributed by atoms with Crippen molar-refractivity contribution in [3.63, 3.8) is 0 Å². The summed E-state index contributed by atoms with van der Waals surface area (Å²) in [5.74, 6) is -0.401. The van der Waals surface area contributed by atoms with Gasteiger partial charge in [-0.25, -0.2) is 4.39 Å². The van der Waals surface area contributed by atoms with Gasteiger partial charge in [0, 0.05) is 13.1 Å². The van der Waals surface area contributed by atoms with Crippen molar-refractivity contribution in [3.8, 4) is 6.07 Å². The molecule has 0 fully saturated rings. The largest absolute Gasteiger partial charge is 0.395 e. The molecule has 0 unspecified atom stereocenters. The zero-order valence-corrected chi connectivity index (χ0v) is 8.57. The first kappa shape index (κ1) is 11.6. The molecule has 0 radical (unpaired) electrons. The average molecular weight is 208 g/mol. The van der Waals surface area contributed by atoms with E-state index in [4.69, 9.17) is 10.4 Å². The quantitative estimate of drug-likeness (QED) is 0.806. The first-order chi connectivity index (χ1) is 7.15. The molecule has 4 heteroatoms. The Morgan fingerprint density at radius 2 is 2.20 bits per heavy atom. The molecule has 0 aliphatic rings. The molecule has 0 aliphatic heterocycles. The highest BCUT2D eigenvalue weighted by Crippen LogP contribution is 2.10. The van der Waals surface area contributed by atoms with Gasteiger partial charge in [-0.2, -0.15) is 5.26 Å². The summed E-state index contributed by atoms with van der Waals surface area (Å²) in [6.07, 6.45) is 0. The Labute approximate surface area is 88.4 Å². The van der Waals surface area contributed by atoms with Crippen LogP contribution in [0.25, 0.3) is 0 Å². The van der Waals surface area contributed by atoms with Crippen LogP contribution < -0.4 is 0 Å². The molecule has 15 heavy (non-hydrogen) atoms. The summed E-state index contributed by atoms with van der Waals surface area (Å²) in [6, 6.07) is 6.16. The van der Waals surface area contributed by atoms with E-state index in [1.807, 2.05) is 18.0 Å². The third-order valence-electron chi connectivity index (χ3n) is 2.02. The highest BCUT2D eigenvalue weighted by atomic mass is 19.1. The van der Waals surface area contributed by atoms with Gasteiger partial charge in [0.1, 0.15) is 5.82 Å². The maximum atomic E-state index is 13.0. The number of rotatable bonds is 4. The van der Waals surface area contributed by atoms with E-state index in [0.717, 1.165) is 5.56 Å². The van der Waals surface area contributed by atoms with Crippen LogP contribution in [0.1, 0.15) is 11.1 Å². The predicted octanol–water partition coefficient (Wildman–Crippen LogP) is 1.12. The number of aliphatic hydroxyl groups excluding tert-OH is 1. The smallest absolute Gasteiger partial charge is 0.124 e. The van der Waals surface area contributed by atoms with Gasteiger partial charge in [0.15, 0.2) is 0 Å². The lowest BCUT2D eigenvalue weighted by Gasteiger charge is -2.15. The first-order valence-electron chi connectivity index (χ1n) is 4.64. The third-order valence-corrected chi connectivity index (χ3v) is 2.02. The van der Waals surface area contributed by atoms with E-state index in [1.165, 1.54) is 12.1 Å². The maximum absolute atomic E-state index is 13.0. The van der Waals surface area contributed by atoms with Crippen LogP contribution in [0.5, 0.6) is 0 Å². The molecule has 1 rings (SSSR count). The lowest BCUT2D eigenvalue weighted by atomic mass is 10.1. The van der Waals surface area contributed by atoms with E-state index in [0.29, 0.717) is 18.7 Å². The topological polar surface area (TPSA) is 47.3 Å². The van der Waals surface area contributed by atoms with Gasteiger partial charge in [0.05, 0.1) is 18.2 Å². The van der Waals surface area contributed by atoms with Crippen molar-refractivity contribution in [1.82, 2.24) is 4.90 Å². The van der Waals surface area contributed by atoms with Gasteiger partial charge < -0.3 is 5.11 Å². The van der Waals surface area contributed by atoms with Gasteiger partial charge in [-0.3, -0.25) is 4.90 Å². The SMILES string of the molecule is CN(CCO)Cc1cc(F)cc(C#N)c1. The van der Waals surface area contributed by atoms with Crippen molar-refractivity contribution in [3.05, 3.63) is 35.1 Å². The molecule has 3 nitrogen and oxygen atoms in total. The van der Waals surface area contributed by atoms with Gasteiger partial charge in [-0.15, -0.1) is 0 Å². The minimum absolute atomic E-state index is 0.0664. The Bertz CT molecular complexity index is 373. The van der Waals surface area contributed by atoms with Gasteiger partial charge in [-0.1, -0.05) is 0 Å². The predicted molar refractivity (Wildman–Crippen MR) is 54.5 cm³/mol. The molecule has 0 aromatic heterocycles. The number of nitriles is 1. The van der Waals surface area contributed by atoms with E-state index >= 15 is 0 Å². The highest BCUT2D eigenvalue weighted by Gasteiger charge is 2.03. The zero-order valence-electron chi connectivity index (χ0n) is 8.57. The van der Waals surface area contributed by atoms with E-state index in [2.05, 4.69) is 0 Å². The van der Waals surface area contributed by atoms with Crippen LogP contribution >= 0.6 is 0 Å². The molecule has 0 heterocycles. The standard InChI is InChI=1S/C11H13FN2O/c1-14(2-3-15)8-10-4-9(7-13)5-11(12)6-10/h4-6,15H,2-3,8H2,1H3. The minimum atomic E-state index is -0.401. The number of aliphatic hydroxyl groups is 1. The van der Waals surface area contributed by atoms with Crippen molar-refractivity contribution in [1.29, 1.82) is 5.26 Å². The molecule has 0 saturated heterocycles. The van der Waals surface area contributed by atoms with E-state index < -0.39 is 5.82 Å². The molecule has 0 bridgehead atoms. The van der Waals surface area contributed by atoms with Crippen molar-refractivity contribution >= 4 is 0 Å². The summed E-state index contributed by atoms with van der Waals surface area (Å²) in [7, 11) is 1.83. The molecular formula is C11H13FN2O. The van der Waals surface area contributed by atoms with Crippen LogP contribution in [0.3, 0.4) is 0 Å². The van der Waals surface area contributed by atoms with Crippen molar-refractivity contribution in [2.45, 2.75) is 6.54 Å². The molecule has 0 atom stereocenters. The normalized spacial score (nSPS) is 10.3. The second kappa shape index (κ2) is 5.44. The Kier molecular flexibility index (Phi) is 4.22. The third kappa shape index (κ3) is 3.66. The van der Waals surface area contributed by atoms with E-state index in [1.54, 1.807) is 6.07 Å². The van der Waals surface area contributed by atoms with E-state index in [-0.39, 0.29) is 6.61 Å². The Morgan fingerprint density at radius 3 is 2.80 bits per heavy atom. The summed E-state index contributed by atoms with van der Waals surface area (Å²) in [5, 5.41) is 17.4. The molecule has 0 aliphatic carbocycles. The number of likely N-dealkylation sites (N-methyl/N-ethyl adjacent to an activating group) is 1. The molecular weight excluding hydrogens is 195 g/mol. The summed E-state index contributed by atoms with van der Waals surface area (Å²) in [6.45, 7) is 1.11. The summed E-state index contributed by atoms with van der Waals surface area (Å²) < 4.78 is 13.0. The second-order valence-electron chi connectivity index (χ2n) is 3.42. The lowest BCUT2D eigenvalue weighted by Crippen LogP contribution is -2.21. The summed E-state index contributed by atoms with van der Waals surface area (Å²) in [4.78, 5) is 1.86. The molecule has 1 N–H and O–H groups in total. The first-order valence-corrected chi connectivity index (χ1v) is 4.64. The molecule has 1 aromatic rings. The van der Waals surface area contributed by atoms with Crippen LogP contribution in [0.15, 0.2) is 18.2 Å². The number of benzene rings is 1. The molecule has 1 aromatic carbocycles. The molecule has 0 amide bonds. The van der Waals surface area contributed by atoms with Crippen molar-refractivity contribution in [2.24, 2.45) is 0 Å². The highest BCUT2D eigenvalue weighted by molar-refractivity contribution is 5.33. The fourth-order valence-electron chi connectivity index (χ4n) is 1.37. The Hall–Kier alpha value is -1.44. The monoisotopic (exact) mass is 208 g/mol. The maximum Gasteiger partial charge on any atom is 0.124 e. The average Bonchev–Trinajstić information content (AvgIpc) is 2.17. The fourth-order valence-corrected chi connectivity index (χ4v) is 1.37. The van der Waals surface area contributed by atoms with Crippen LogP contribution in [0, 0.1) is 17.1 Å². The molecule has 80 valence electrons. The number of hydrogen-bond donors (Lipinski definition) is 1. The van der Waals surface area contributed by atoms with Gasteiger partial charge >= 0.3 is 0 Å². The van der Waals surface area contributed by atoms with Crippen LogP contribution in [-0.4, -0.2) is 30.2 Å². The Morgan fingerprint density at radius 1 is 1.47 bits per heavy atom. The number of nitrogens with zero attached hydrogens (tertiary/aromatic N) is 2. The van der Waals surface area contributed by atoms with Gasteiger partial charge in [-0.05, 0) is 30.8 Å². The Balaban J connectivity index is 2.77. The van der Waals surface area contributed by atoms with Crippen molar-refractivity contribution in [2.75, 3.05) is 20.2 Å². The van der Waals surface area contributed by atoms with Crippen LogP contribution in [-0.2, 0) is 6.54 Å². The second-order valence-corrected chi connectivity index (χ2v) is 3.42. The number of halogens is 1. The molecule has 0 saturated carbocycles. The minimum Gasteiger partial charge on any atom is -0.395 e. The summed E-state index contributed by atoms with van der Waals surface area (Å²) >= 11 is 0. The van der Waals surface area contributed by atoms with Crippen LogP contribution in [0.4, 0.5) is 4.39 Å². The van der Waals surface area contributed by atoms with Crippen LogP contribution in [0.2, 0.25) is 0 Å². The van der Waals surface area contributed by atoms with Gasteiger partial charge in [0.2, 0.25) is 0 Å². The fraction of sp³-hybridized carbons (Fsp3) is 0.364. The molecule has 0 spiro atoms.